The highest BCUT2D eigenvalue weighted by Crippen LogP contribution is 2.15. The number of aromatic nitrogens is 1. The molecular weight excluding hydrogens is 267 g/mol. The number of H-pyrrole nitrogens is 1. The quantitative estimate of drug-likeness (QED) is 0.783. The van der Waals surface area contributed by atoms with Crippen molar-refractivity contribution in [3.63, 3.8) is 0 Å². The van der Waals surface area contributed by atoms with Gasteiger partial charge in [0.1, 0.15) is 17.4 Å². The molecule has 0 amide bonds. The normalized spacial score (nSPS) is 10.5. The number of nitrogens with zero attached hydrogens (tertiary/aromatic N) is 1. The van der Waals surface area contributed by atoms with Gasteiger partial charge in [0.25, 0.3) is 0 Å². The molecule has 3 rings (SSSR count). The molecule has 3 aromatic rings. The van der Waals surface area contributed by atoms with Gasteiger partial charge < -0.3 is 4.98 Å². The molecule has 21 heavy (non-hydrogen) atoms. The average Bonchev–Trinajstić information content (AvgIpc) is 2.50. The summed E-state index contributed by atoms with van der Waals surface area (Å²) in [6.45, 7) is 0. The molecule has 102 valence electrons. The molecule has 2 aromatic carbocycles. The van der Waals surface area contributed by atoms with E-state index in [4.69, 9.17) is 5.26 Å². The molecule has 4 heteroatoms. The largest absolute Gasteiger partial charge is 0.360 e. The van der Waals surface area contributed by atoms with Gasteiger partial charge in [0.05, 0.1) is 0 Å². The highest BCUT2D eigenvalue weighted by molar-refractivity contribution is 5.80. The first kappa shape index (κ1) is 13.1. The molecule has 1 N–H and O–H groups in total. The summed E-state index contributed by atoms with van der Waals surface area (Å²) in [7, 11) is 0. The molecule has 0 saturated carbocycles. The smallest absolute Gasteiger partial charge is 0.207 e. The van der Waals surface area contributed by atoms with Crippen molar-refractivity contribution < 1.29 is 4.39 Å². The van der Waals surface area contributed by atoms with Crippen LogP contribution in [0, 0.1) is 17.1 Å². The lowest BCUT2D eigenvalue weighted by molar-refractivity contribution is 0.627. The molecule has 0 aliphatic rings. The van der Waals surface area contributed by atoms with Crippen molar-refractivity contribution in [1.82, 2.24) is 4.98 Å². The maximum absolute atomic E-state index is 12.9. The summed E-state index contributed by atoms with van der Waals surface area (Å²) in [6.07, 6.45) is 2.02. The fraction of sp³-hybridized carbons (Fsp3) is 0.0588. The van der Waals surface area contributed by atoms with Gasteiger partial charge in [0.15, 0.2) is 0 Å². The van der Waals surface area contributed by atoms with E-state index in [0.29, 0.717) is 17.3 Å². The number of pyridine rings is 1. The molecule has 0 atom stereocenters. The number of hydrogen-bond donors (Lipinski definition) is 1. The van der Waals surface area contributed by atoms with Crippen molar-refractivity contribution in [3.8, 4) is 6.07 Å². The minimum Gasteiger partial charge on any atom is -0.360 e. The third kappa shape index (κ3) is 2.54. The van der Waals surface area contributed by atoms with Gasteiger partial charge in [-0.25, -0.2) is 4.39 Å². The number of benzene rings is 2. The summed E-state index contributed by atoms with van der Waals surface area (Å²) < 4.78 is 12.9. The molecule has 1 aromatic heterocycles. The maximum Gasteiger partial charge on any atom is 0.207 e. The number of halogens is 1. The van der Waals surface area contributed by atoms with E-state index in [0.717, 1.165) is 11.1 Å². The molecule has 0 fully saturated rings. The highest BCUT2D eigenvalue weighted by atomic mass is 19.1. The van der Waals surface area contributed by atoms with Crippen molar-refractivity contribution in [2.45, 2.75) is 6.42 Å². The molecular formula is C17H11FN2O. The molecule has 0 radical (unpaired) electrons. The number of hydrogen-bond acceptors (Lipinski definition) is 2. The van der Waals surface area contributed by atoms with E-state index in [1.807, 2.05) is 18.2 Å². The number of rotatable bonds is 2. The molecule has 0 unspecified atom stereocenters. The first-order valence-electron chi connectivity index (χ1n) is 6.46. The van der Waals surface area contributed by atoms with E-state index in [2.05, 4.69) is 4.98 Å². The van der Waals surface area contributed by atoms with Crippen molar-refractivity contribution in [2.24, 2.45) is 0 Å². The second-order valence-corrected chi connectivity index (χ2v) is 4.83. The van der Waals surface area contributed by atoms with Crippen LogP contribution in [-0.4, -0.2) is 4.98 Å². The SMILES string of the molecule is N#Cc1c[nH]c2ccc(Cc3ccc(F)cc3)cc2c1=O. The van der Waals surface area contributed by atoms with Crippen LogP contribution < -0.4 is 5.43 Å². The molecule has 0 bridgehead atoms. The minimum atomic E-state index is -0.271. The van der Waals surface area contributed by atoms with Crippen LogP contribution in [0.15, 0.2) is 53.5 Å². The third-order valence-electron chi connectivity index (χ3n) is 3.39. The molecule has 1 heterocycles. The van der Waals surface area contributed by atoms with Crippen molar-refractivity contribution >= 4 is 10.9 Å². The molecule has 0 aliphatic heterocycles. The Balaban J connectivity index is 2.04. The number of aromatic amines is 1. The van der Waals surface area contributed by atoms with Gasteiger partial charge in [-0.2, -0.15) is 5.26 Å². The van der Waals surface area contributed by atoms with Crippen LogP contribution in [0.3, 0.4) is 0 Å². The van der Waals surface area contributed by atoms with Gasteiger partial charge in [-0.1, -0.05) is 18.2 Å². The van der Waals surface area contributed by atoms with Crippen LogP contribution in [0.1, 0.15) is 16.7 Å². The zero-order valence-electron chi connectivity index (χ0n) is 11.1. The monoisotopic (exact) mass is 278 g/mol. The van der Waals surface area contributed by atoms with E-state index in [9.17, 15) is 9.18 Å². The summed E-state index contributed by atoms with van der Waals surface area (Å²) in [6, 6.07) is 13.6. The maximum atomic E-state index is 12.9. The highest BCUT2D eigenvalue weighted by Gasteiger charge is 2.06. The van der Waals surface area contributed by atoms with Crippen LogP contribution >= 0.6 is 0 Å². The lowest BCUT2D eigenvalue weighted by Gasteiger charge is -2.04. The molecule has 0 aliphatic carbocycles. The lowest BCUT2D eigenvalue weighted by Crippen LogP contribution is -2.07. The fourth-order valence-electron chi connectivity index (χ4n) is 2.30. The van der Waals surface area contributed by atoms with E-state index in [1.54, 1.807) is 18.2 Å². The Morgan fingerprint density at radius 1 is 1.10 bits per heavy atom. The lowest BCUT2D eigenvalue weighted by atomic mass is 10.0. The van der Waals surface area contributed by atoms with Crippen molar-refractivity contribution in [1.29, 1.82) is 5.26 Å². The summed E-state index contributed by atoms with van der Waals surface area (Å²) in [5.74, 6) is -0.271. The molecule has 0 spiro atoms. The first-order chi connectivity index (χ1) is 10.2. The molecule has 3 nitrogen and oxygen atoms in total. The summed E-state index contributed by atoms with van der Waals surface area (Å²) in [5.41, 5.74) is 2.42. The van der Waals surface area contributed by atoms with Gasteiger partial charge in [-0.05, 0) is 41.8 Å². The number of nitrogens with one attached hydrogen (secondary N) is 1. The van der Waals surface area contributed by atoms with Crippen LogP contribution in [0.4, 0.5) is 4.39 Å². The number of fused-ring (bicyclic) bond motifs is 1. The predicted octanol–water partition coefficient (Wildman–Crippen LogP) is 3.13. The fourth-order valence-corrected chi connectivity index (χ4v) is 2.30. The Morgan fingerprint density at radius 3 is 2.52 bits per heavy atom. The van der Waals surface area contributed by atoms with Crippen LogP contribution in [0.2, 0.25) is 0 Å². The summed E-state index contributed by atoms with van der Waals surface area (Å²) in [4.78, 5) is 15.1. The Kier molecular flexibility index (Phi) is 3.25. The Bertz CT molecular complexity index is 905. The zero-order valence-corrected chi connectivity index (χ0v) is 11.1. The first-order valence-corrected chi connectivity index (χ1v) is 6.46. The predicted molar refractivity (Wildman–Crippen MR) is 78.5 cm³/mol. The van der Waals surface area contributed by atoms with E-state index >= 15 is 0 Å². The van der Waals surface area contributed by atoms with Crippen LogP contribution in [-0.2, 0) is 6.42 Å². The third-order valence-corrected chi connectivity index (χ3v) is 3.39. The van der Waals surface area contributed by atoms with Crippen molar-refractivity contribution in [3.05, 3.63) is 81.4 Å². The van der Waals surface area contributed by atoms with Crippen LogP contribution in [0.25, 0.3) is 10.9 Å². The zero-order chi connectivity index (χ0) is 14.8. The van der Waals surface area contributed by atoms with Gasteiger partial charge in [0, 0.05) is 17.1 Å². The average molecular weight is 278 g/mol. The van der Waals surface area contributed by atoms with Gasteiger partial charge in [-0.3, -0.25) is 4.79 Å². The van der Waals surface area contributed by atoms with E-state index in [1.165, 1.54) is 18.3 Å². The summed E-state index contributed by atoms with van der Waals surface area (Å²) >= 11 is 0. The Labute approximate surface area is 120 Å². The van der Waals surface area contributed by atoms with Crippen LogP contribution in [0.5, 0.6) is 0 Å². The standard InChI is InChI=1S/C17H11FN2O/c18-14-4-1-11(2-5-14)7-12-3-6-16-15(8-12)17(21)13(9-19)10-20-16/h1-6,8,10H,7H2,(H,20,21). The topological polar surface area (TPSA) is 56.6 Å². The van der Waals surface area contributed by atoms with Crippen molar-refractivity contribution in [2.75, 3.05) is 0 Å². The number of nitriles is 1. The van der Waals surface area contributed by atoms with Gasteiger partial charge >= 0.3 is 0 Å². The van der Waals surface area contributed by atoms with Gasteiger partial charge in [0.2, 0.25) is 5.43 Å². The minimum absolute atomic E-state index is 0.0985. The van der Waals surface area contributed by atoms with E-state index in [-0.39, 0.29) is 16.8 Å². The second kappa shape index (κ2) is 5.22. The summed E-state index contributed by atoms with van der Waals surface area (Å²) in [5, 5.41) is 9.40. The van der Waals surface area contributed by atoms with E-state index < -0.39 is 0 Å². The molecule has 0 saturated heterocycles. The Hall–Kier alpha value is -2.93. The Morgan fingerprint density at radius 2 is 1.81 bits per heavy atom. The van der Waals surface area contributed by atoms with Gasteiger partial charge in [-0.15, -0.1) is 0 Å². The second-order valence-electron chi connectivity index (χ2n) is 4.83.